The fraction of sp³-hybridized carbons (Fsp3) is 0.211. The Morgan fingerprint density at radius 3 is 2.70 bits per heavy atom. The normalized spacial score (nSPS) is 10.5. The third-order valence-electron chi connectivity index (χ3n) is 4.07. The number of non-ortho nitro benzene ring substituents is 1. The summed E-state index contributed by atoms with van der Waals surface area (Å²) in [7, 11) is 3.49. The van der Waals surface area contributed by atoms with Crippen molar-refractivity contribution >= 4 is 39.7 Å². The van der Waals surface area contributed by atoms with Crippen LogP contribution >= 0.6 is 11.3 Å². The lowest BCUT2D eigenvalue weighted by atomic mass is 10.1. The number of nitrogens with zero attached hydrogens (tertiary/aromatic N) is 3. The number of nitro benzene ring substituents is 1. The average Bonchev–Trinajstić information content (AvgIpc) is 3.35. The van der Waals surface area contributed by atoms with Crippen LogP contribution in [0.3, 0.4) is 0 Å². The topological polar surface area (TPSA) is 131 Å². The molecule has 0 unspecified atom stereocenters. The lowest BCUT2D eigenvalue weighted by molar-refractivity contribution is -0.384. The van der Waals surface area contributed by atoms with Crippen molar-refractivity contribution in [2.45, 2.75) is 13.5 Å². The fourth-order valence-corrected chi connectivity index (χ4v) is 3.34. The summed E-state index contributed by atoms with van der Waals surface area (Å²) < 4.78 is 5.65. The Balaban J connectivity index is 1.78. The Morgan fingerprint density at radius 1 is 1.27 bits per heavy atom. The highest BCUT2D eigenvalue weighted by atomic mass is 32.1. The molecule has 0 saturated carbocycles. The molecule has 0 radical (unpaired) electrons. The van der Waals surface area contributed by atoms with E-state index in [1.807, 2.05) is 0 Å². The van der Waals surface area contributed by atoms with Gasteiger partial charge in [0, 0.05) is 44.2 Å². The lowest BCUT2D eigenvalue weighted by Gasteiger charge is -2.16. The van der Waals surface area contributed by atoms with Crippen LogP contribution in [0, 0.1) is 10.1 Å². The first-order valence-corrected chi connectivity index (χ1v) is 9.68. The van der Waals surface area contributed by atoms with Crippen LogP contribution in [0.15, 0.2) is 40.1 Å². The quantitative estimate of drug-likeness (QED) is 0.435. The van der Waals surface area contributed by atoms with Crippen molar-refractivity contribution in [1.29, 1.82) is 0 Å². The average molecular weight is 429 g/mol. The number of amides is 2. The Bertz CT molecular complexity index is 1100. The maximum atomic E-state index is 12.8. The summed E-state index contributed by atoms with van der Waals surface area (Å²) in [6.45, 7) is 1.69. The maximum absolute atomic E-state index is 12.8. The van der Waals surface area contributed by atoms with Gasteiger partial charge in [-0.15, -0.1) is 11.3 Å². The third-order valence-corrected chi connectivity index (χ3v) is 4.83. The largest absolute Gasteiger partial charge is 0.458 e. The molecule has 30 heavy (non-hydrogen) atoms. The van der Waals surface area contributed by atoms with Gasteiger partial charge in [-0.3, -0.25) is 25.0 Å². The number of nitro groups is 1. The Kier molecular flexibility index (Phi) is 6.11. The molecule has 10 nitrogen and oxygen atoms in total. The highest BCUT2D eigenvalue weighted by Crippen LogP contribution is 2.29. The van der Waals surface area contributed by atoms with Crippen molar-refractivity contribution in [2.24, 2.45) is 0 Å². The van der Waals surface area contributed by atoms with Gasteiger partial charge in [0.2, 0.25) is 5.91 Å². The van der Waals surface area contributed by atoms with Crippen LogP contribution in [0.4, 0.5) is 16.5 Å². The van der Waals surface area contributed by atoms with Crippen molar-refractivity contribution in [3.05, 3.63) is 57.1 Å². The summed E-state index contributed by atoms with van der Waals surface area (Å²) in [5.74, 6) is 0.404. The van der Waals surface area contributed by atoms with E-state index in [0.29, 0.717) is 28.0 Å². The van der Waals surface area contributed by atoms with Gasteiger partial charge in [0.15, 0.2) is 10.9 Å². The van der Waals surface area contributed by atoms with Crippen LogP contribution in [0.5, 0.6) is 0 Å². The van der Waals surface area contributed by atoms with E-state index >= 15 is 0 Å². The van der Waals surface area contributed by atoms with E-state index in [4.69, 9.17) is 4.42 Å². The zero-order valence-electron chi connectivity index (χ0n) is 16.5. The number of carbonyl (C=O) groups is 2. The molecule has 3 rings (SSSR count). The number of rotatable bonds is 7. The number of carbonyl (C=O) groups excluding carboxylic acids is 2. The van der Waals surface area contributed by atoms with Crippen molar-refractivity contribution in [3.63, 3.8) is 0 Å². The second-order valence-electron chi connectivity index (χ2n) is 6.52. The number of thiazole rings is 1. The molecule has 2 aromatic heterocycles. The molecule has 0 saturated heterocycles. The SMILES string of the molecule is CC(=O)NCc1ccc(-c2csc(NC(=O)c3cc([N+](=O)[O-])ccc3N(C)C)n2)o1. The molecule has 0 aliphatic carbocycles. The number of hydrogen-bond acceptors (Lipinski definition) is 8. The lowest BCUT2D eigenvalue weighted by Crippen LogP contribution is -2.18. The highest BCUT2D eigenvalue weighted by molar-refractivity contribution is 7.14. The first-order chi connectivity index (χ1) is 14.2. The van der Waals surface area contributed by atoms with Crippen LogP contribution < -0.4 is 15.5 Å². The molecule has 2 N–H and O–H groups in total. The molecule has 1 aromatic carbocycles. The van der Waals surface area contributed by atoms with E-state index in [1.165, 1.54) is 36.5 Å². The minimum Gasteiger partial charge on any atom is -0.458 e. The fourth-order valence-electron chi connectivity index (χ4n) is 2.64. The molecule has 0 fully saturated rings. The molecule has 156 valence electrons. The molecular weight excluding hydrogens is 410 g/mol. The Hall–Kier alpha value is -3.73. The summed E-state index contributed by atoms with van der Waals surface area (Å²) in [4.78, 5) is 40.3. The zero-order chi connectivity index (χ0) is 21.8. The van der Waals surface area contributed by atoms with Crippen molar-refractivity contribution in [1.82, 2.24) is 10.3 Å². The number of hydrogen-bond donors (Lipinski definition) is 2. The second kappa shape index (κ2) is 8.74. The van der Waals surface area contributed by atoms with E-state index in [1.54, 1.807) is 36.5 Å². The number of anilines is 2. The van der Waals surface area contributed by atoms with Gasteiger partial charge in [-0.1, -0.05) is 0 Å². The molecule has 0 spiro atoms. The molecule has 0 atom stereocenters. The van der Waals surface area contributed by atoms with Gasteiger partial charge < -0.3 is 14.6 Å². The molecule has 2 heterocycles. The summed E-state index contributed by atoms with van der Waals surface area (Å²) >= 11 is 1.20. The first kappa shape index (κ1) is 21.0. The number of furan rings is 1. The van der Waals surface area contributed by atoms with Crippen molar-refractivity contribution < 1.29 is 18.9 Å². The first-order valence-electron chi connectivity index (χ1n) is 8.80. The van der Waals surface area contributed by atoms with Gasteiger partial charge in [-0.25, -0.2) is 4.98 Å². The number of aromatic nitrogens is 1. The standard InChI is InChI=1S/C19H19N5O5S/c1-11(25)20-9-13-5-7-17(29-13)15-10-30-19(21-15)22-18(26)14-8-12(24(27)28)4-6-16(14)23(2)3/h4-8,10H,9H2,1-3H3,(H,20,25)(H,21,22,26). The van der Waals surface area contributed by atoms with Gasteiger partial charge in [0.05, 0.1) is 17.0 Å². The Morgan fingerprint density at radius 2 is 2.03 bits per heavy atom. The molecule has 0 aliphatic rings. The minimum absolute atomic E-state index is 0.162. The second-order valence-corrected chi connectivity index (χ2v) is 7.38. The predicted molar refractivity (Wildman–Crippen MR) is 113 cm³/mol. The van der Waals surface area contributed by atoms with Crippen LogP contribution in [0.2, 0.25) is 0 Å². The van der Waals surface area contributed by atoms with Crippen molar-refractivity contribution in [2.75, 3.05) is 24.3 Å². The summed E-state index contributed by atoms with van der Waals surface area (Å²) in [6, 6.07) is 7.57. The van der Waals surface area contributed by atoms with Gasteiger partial charge in [-0.2, -0.15) is 0 Å². The third kappa shape index (κ3) is 4.81. The van der Waals surface area contributed by atoms with E-state index < -0.39 is 10.8 Å². The molecule has 2 amide bonds. The molecule has 11 heteroatoms. The van der Waals surface area contributed by atoms with Gasteiger partial charge in [0.25, 0.3) is 11.6 Å². The summed E-state index contributed by atoms with van der Waals surface area (Å²) in [6.07, 6.45) is 0. The molecule has 0 aliphatic heterocycles. The van der Waals surface area contributed by atoms with Crippen LogP contribution in [-0.2, 0) is 11.3 Å². The van der Waals surface area contributed by atoms with Crippen LogP contribution in [0.1, 0.15) is 23.0 Å². The number of benzene rings is 1. The minimum atomic E-state index is -0.548. The predicted octanol–water partition coefficient (Wildman–Crippen LogP) is 3.27. The summed E-state index contributed by atoms with van der Waals surface area (Å²) in [5.41, 5.74) is 1.06. The van der Waals surface area contributed by atoms with Gasteiger partial charge in [-0.05, 0) is 18.2 Å². The van der Waals surface area contributed by atoms with E-state index in [0.717, 1.165) is 0 Å². The summed E-state index contributed by atoms with van der Waals surface area (Å²) in [5, 5.41) is 18.4. The van der Waals surface area contributed by atoms with Crippen molar-refractivity contribution in [3.8, 4) is 11.5 Å². The maximum Gasteiger partial charge on any atom is 0.270 e. The van der Waals surface area contributed by atoms with Crippen LogP contribution in [-0.4, -0.2) is 35.8 Å². The molecular formula is C19H19N5O5S. The van der Waals surface area contributed by atoms with E-state index in [-0.39, 0.29) is 23.7 Å². The monoisotopic (exact) mass is 429 g/mol. The van der Waals surface area contributed by atoms with Gasteiger partial charge >= 0.3 is 0 Å². The molecule has 0 bridgehead atoms. The van der Waals surface area contributed by atoms with Crippen LogP contribution in [0.25, 0.3) is 11.5 Å². The smallest absolute Gasteiger partial charge is 0.270 e. The molecule has 3 aromatic rings. The van der Waals surface area contributed by atoms with Gasteiger partial charge in [0.1, 0.15) is 11.5 Å². The highest BCUT2D eigenvalue weighted by Gasteiger charge is 2.19. The number of nitrogens with one attached hydrogen (secondary N) is 2. The van der Waals surface area contributed by atoms with E-state index in [2.05, 4.69) is 15.6 Å². The Labute approximate surface area is 175 Å². The zero-order valence-corrected chi connectivity index (χ0v) is 17.3. The van der Waals surface area contributed by atoms with E-state index in [9.17, 15) is 19.7 Å².